The van der Waals surface area contributed by atoms with Crippen LogP contribution in [0.2, 0.25) is 5.15 Å². The molecule has 0 aliphatic heterocycles. The normalized spacial score (nSPS) is 11.6. The number of nitrogens with zero attached hydrogens (tertiary/aromatic N) is 3. The van der Waals surface area contributed by atoms with Crippen LogP contribution in [-0.4, -0.2) is 41.3 Å². The van der Waals surface area contributed by atoms with Crippen molar-refractivity contribution >= 4 is 44.9 Å². The second kappa shape index (κ2) is 6.19. The molecule has 2 heterocycles. The van der Waals surface area contributed by atoms with Gasteiger partial charge in [-0.2, -0.15) is 0 Å². The Kier molecular flexibility index (Phi) is 4.84. The van der Waals surface area contributed by atoms with Crippen LogP contribution in [-0.2, 0) is 6.42 Å². The number of aromatic nitrogens is 2. The van der Waals surface area contributed by atoms with Crippen LogP contribution in [0.3, 0.4) is 0 Å². The van der Waals surface area contributed by atoms with E-state index in [1.165, 1.54) is 4.88 Å². The predicted octanol–water partition coefficient (Wildman–Crippen LogP) is 3.56. The molecule has 3 nitrogen and oxygen atoms in total. The van der Waals surface area contributed by atoms with E-state index in [0.717, 1.165) is 34.1 Å². The quantitative estimate of drug-likeness (QED) is 0.480. The maximum atomic E-state index is 6.21. The zero-order valence-electron chi connectivity index (χ0n) is 10.7. The third-order valence-corrected chi connectivity index (χ3v) is 4.78. The van der Waals surface area contributed by atoms with Gasteiger partial charge in [-0.05, 0) is 26.6 Å². The molecule has 0 spiro atoms. The average molecular weight is 302 g/mol. The van der Waals surface area contributed by atoms with Gasteiger partial charge in [0.2, 0.25) is 0 Å². The molecule has 6 heteroatoms. The van der Waals surface area contributed by atoms with Crippen LogP contribution in [0.4, 0.5) is 0 Å². The molecular weight excluding hydrogens is 286 g/mol. The van der Waals surface area contributed by atoms with Crippen molar-refractivity contribution < 1.29 is 0 Å². The minimum atomic E-state index is 0.573. The number of hydrogen-bond acceptors (Lipinski definition) is 5. The highest BCUT2D eigenvalue weighted by molar-refractivity contribution is 7.99. The van der Waals surface area contributed by atoms with E-state index < -0.39 is 0 Å². The Morgan fingerprint density at radius 1 is 1.39 bits per heavy atom. The van der Waals surface area contributed by atoms with Gasteiger partial charge in [0.25, 0.3) is 0 Å². The summed E-state index contributed by atoms with van der Waals surface area (Å²) >= 11 is 9.56. The molecule has 0 N–H and O–H groups in total. The van der Waals surface area contributed by atoms with Gasteiger partial charge in [-0.3, -0.25) is 0 Å². The van der Waals surface area contributed by atoms with Gasteiger partial charge in [0.05, 0.1) is 0 Å². The highest BCUT2D eigenvalue weighted by atomic mass is 35.5. The summed E-state index contributed by atoms with van der Waals surface area (Å²) in [6, 6.07) is 2.09. The second-order valence-electron chi connectivity index (χ2n) is 4.23. The number of halogens is 1. The fourth-order valence-corrected chi connectivity index (χ4v) is 3.78. The number of aryl methyl sites for hydroxylation is 1. The monoisotopic (exact) mass is 301 g/mol. The molecule has 2 aromatic heterocycles. The summed E-state index contributed by atoms with van der Waals surface area (Å²) in [6.45, 7) is 3.15. The van der Waals surface area contributed by atoms with E-state index in [1.54, 1.807) is 23.1 Å². The molecule has 0 unspecified atom stereocenters. The minimum absolute atomic E-state index is 0.573. The summed E-state index contributed by atoms with van der Waals surface area (Å²) in [5, 5.41) is 2.33. The number of rotatable bonds is 5. The smallest absolute Gasteiger partial charge is 0.190 e. The maximum absolute atomic E-state index is 6.21. The highest BCUT2D eigenvalue weighted by Gasteiger charge is 2.10. The highest BCUT2D eigenvalue weighted by Crippen LogP contribution is 2.30. The van der Waals surface area contributed by atoms with Crippen LogP contribution < -0.4 is 0 Å². The molecule has 0 aliphatic carbocycles. The molecule has 18 heavy (non-hydrogen) atoms. The van der Waals surface area contributed by atoms with Gasteiger partial charge >= 0.3 is 0 Å². The SMILES string of the molecule is CCc1cc2c(Cl)nc(SCCN(C)C)nc2s1. The van der Waals surface area contributed by atoms with Gasteiger partial charge in [0.1, 0.15) is 9.98 Å². The minimum Gasteiger partial charge on any atom is -0.309 e. The lowest BCUT2D eigenvalue weighted by molar-refractivity contribution is 0.437. The van der Waals surface area contributed by atoms with Gasteiger partial charge in [0, 0.05) is 22.6 Å². The summed E-state index contributed by atoms with van der Waals surface area (Å²) in [5.74, 6) is 0.973. The summed E-state index contributed by atoms with van der Waals surface area (Å²) < 4.78 is 0. The molecule has 0 aliphatic rings. The van der Waals surface area contributed by atoms with Crippen molar-refractivity contribution in [3.8, 4) is 0 Å². The van der Waals surface area contributed by atoms with Crippen LogP contribution in [0.1, 0.15) is 11.8 Å². The molecule has 0 bridgehead atoms. The summed E-state index contributed by atoms with van der Waals surface area (Å²) in [5.41, 5.74) is 0. The van der Waals surface area contributed by atoms with Crippen molar-refractivity contribution in [3.63, 3.8) is 0 Å². The third-order valence-electron chi connectivity index (χ3n) is 2.49. The van der Waals surface area contributed by atoms with Crippen molar-refractivity contribution in [2.24, 2.45) is 0 Å². The first kappa shape index (κ1) is 14.1. The van der Waals surface area contributed by atoms with Crippen LogP contribution >= 0.6 is 34.7 Å². The fraction of sp³-hybridized carbons (Fsp3) is 0.500. The first-order valence-electron chi connectivity index (χ1n) is 5.83. The van der Waals surface area contributed by atoms with E-state index in [9.17, 15) is 0 Å². The standard InChI is InChI=1S/C12H16ClN3S2/c1-4-8-7-9-10(13)14-12(15-11(9)18-8)17-6-5-16(2)3/h7H,4-6H2,1-3H3. The van der Waals surface area contributed by atoms with Crippen molar-refractivity contribution in [1.82, 2.24) is 14.9 Å². The summed E-state index contributed by atoms with van der Waals surface area (Å²) in [4.78, 5) is 13.4. The van der Waals surface area contributed by atoms with E-state index in [-0.39, 0.29) is 0 Å². The van der Waals surface area contributed by atoms with Crippen LogP contribution in [0.15, 0.2) is 11.2 Å². The second-order valence-corrected chi connectivity index (χ2v) is 6.77. The van der Waals surface area contributed by atoms with E-state index in [0.29, 0.717) is 5.15 Å². The molecule has 0 saturated carbocycles. The van der Waals surface area contributed by atoms with Crippen molar-refractivity contribution in [2.45, 2.75) is 18.5 Å². The predicted molar refractivity (Wildman–Crippen MR) is 81.1 cm³/mol. The lowest BCUT2D eigenvalue weighted by Gasteiger charge is -2.07. The molecule has 0 amide bonds. The Morgan fingerprint density at radius 2 is 2.17 bits per heavy atom. The van der Waals surface area contributed by atoms with Gasteiger partial charge in [-0.25, -0.2) is 9.97 Å². The Balaban J connectivity index is 2.19. The summed E-state index contributed by atoms with van der Waals surface area (Å²) in [7, 11) is 4.12. The largest absolute Gasteiger partial charge is 0.309 e. The van der Waals surface area contributed by atoms with Crippen LogP contribution in [0.25, 0.3) is 10.2 Å². The zero-order chi connectivity index (χ0) is 13.1. The van der Waals surface area contributed by atoms with E-state index in [2.05, 4.69) is 42.0 Å². The van der Waals surface area contributed by atoms with Gasteiger partial charge in [-0.15, -0.1) is 11.3 Å². The van der Waals surface area contributed by atoms with Gasteiger partial charge in [0.15, 0.2) is 5.16 Å². The zero-order valence-corrected chi connectivity index (χ0v) is 13.1. The first-order chi connectivity index (χ1) is 8.60. The van der Waals surface area contributed by atoms with Crippen LogP contribution in [0, 0.1) is 0 Å². The van der Waals surface area contributed by atoms with Gasteiger partial charge in [-0.1, -0.05) is 30.3 Å². The molecular formula is C12H16ClN3S2. The van der Waals surface area contributed by atoms with E-state index in [4.69, 9.17) is 11.6 Å². The molecule has 0 atom stereocenters. The molecule has 2 aromatic rings. The summed E-state index contributed by atoms with van der Waals surface area (Å²) in [6.07, 6.45) is 1.01. The lowest BCUT2D eigenvalue weighted by Crippen LogP contribution is -2.14. The topological polar surface area (TPSA) is 29.0 Å². The number of hydrogen-bond donors (Lipinski definition) is 0. The average Bonchev–Trinajstić information content (AvgIpc) is 2.72. The Hall–Kier alpha value is -0.360. The number of thiophene rings is 1. The number of fused-ring (bicyclic) bond motifs is 1. The molecule has 0 saturated heterocycles. The Morgan fingerprint density at radius 3 is 2.83 bits per heavy atom. The molecule has 2 rings (SSSR count). The van der Waals surface area contributed by atoms with Crippen molar-refractivity contribution in [3.05, 3.63) is 16.1 Å². The maximum Gasteiger partial charge on any atom is 0.190 e. The fourth-order valence-electron chi connectivity index (χ4n) is 1.48. The van der Waals surface area contributed by atoms with Crippen LogP contribution in [0.5, 0.6) is 0 Å². The Bertz CT molecular complexity index is 539. The van der Waals surface area contributed by atoms with E-state index in [1.807, 2.05) is 0 Å². The first-order valence-corrected chi connectivity index (χ1v) is 8.01. The molecule has 0 aromatic carbocycles. The lowest BCUT2D eigenvalue weighted by atomic mass is 10.3. The third kappa shape index (κ3) is 3.35. The molecule has 0 radical (unpaired) electrons. The van der Waals surface area contributed by atoms with Gasteiger partial charge < -0.3 is 4.90 Å². The van der Waals surface area contributed by atoms with Crippen molar-refractivity contribution in [2.75, 3.05) is 26.4 Å². The number of thioether (sulfide) groups is 1. The molecule has 98 valence electrons. The molecule has 0 fully saturated rings. The Labute approximate surface area is 121 Å². The van der Waals surface area contributed by atoms with E-state index >= 15 is 0 Å². The van der Waals surface area contributed by atoms with Crippen molar-refractivity contribution in [1.29, 1.82) is 0 Å².